The van der Waals surface area contributed by atoms with E-state index < -0.39 is 0 Å². The predicted molar refractivity (Wildman–Crippen MR) is 70.8 cm³/mol. The van der Waals surface area contributed by atoms with Crippen molar-refractivity contribution in [2.45, 2.75) is 38.8 Å². The fourth-order valence-electron chi connectivity index (χ4n) is 2.23. The molecule has 0 spiro atoms. The van der Waals surface area contributed by atoms with E-state index in [2.05, 4.69) is 49.5 Å². The third kappa shape index (κ3) is 3.34. The summed E-state index contributed by atoms with van der Waals surface area (Å²) in [5.74, 6) is 0. The van der Waals surface area contributed by atoms with Crippen LogP contribution < -0.4 is 5.32 Å². The first-order chi connectivity index (χ1) is 8.27. The number of hydrogen-bond acceptors (Lipinski definition) is 2. The van der Waals surface area contributed by atoms with Crippen LogP contribution in [0.3, 0.4) is 0 Å². The predicted octanol–water partition coefficient (Wildman–Crippen LogP) is 3.34. The van der Waals surface area contributed by atoms with Crippen LogP contribution in [0, 0.1) is 6.92 Å². The van der Waals surface area contributed by atoms with Crippen LogP contribution in [0.4, 0.5) is 0 Å². The maximum absolute atomic E-state index is 5.55. The number of nitrogens with one attached hydrogen (secondary N) is 1. The van der Waals surface area contributed by atoms with Crippen molar-refractivity contribution in [1.29, 1.82) is 0 Å². The molecule has 17 heavy (non-hydrogen) atoms. The second kappa shape index (κ2) is 5.87. The van der Waals surface area contributed by atoms with Crippen molar-refractivity contribution in [2.75, 3.05) is 6.54 Å². The summed E-state index contributed by atoms with van der Waals surface area (Å²) in [5.41, 5.74) is 2.72. The molecule has 0 amide bonds. The smallest absolute Gasteiger partial charge is 0.110 e. The first kappa shape index (κ1) is 12.2. The zero-order valence-electron chi connectivity index (χ0n) is 10.6. The van der Waals surface area contributed by atoms with E-state index in [-0.39, 0.29) is 0 Å². The van der Waals surface area contributed by atoms with Gasteiger partial charge in [-0.15, -0.1) is 0 Å². The monoisotopic (exact) mass is 231 g/mol. The number of ether oxygens (including phenoxy) is 1. The van der Waals surface area contributed by atoms with Gasteiger partial charge < -0.3 is 10.1 Å². The van der Waals surface area contributed by atoms with Gasteiger partial charge >= 0.3 is 0 Å². The molecule has 1 aromatic carbocycles. The third-order valence-corrected chi connectivity index (χ3v) is 3.33. The van der Waals surface area contributed by atoms with Gasteiger partial charge in [-0.05, 0) is 43.9 Å². The van der Waals surface area contributed by atoms with Crippen molar-refractivity contribution in [1.82, 2.24) is 5.32 Å². The molecule has 1 aromatic rings. The molecule has 0 saturated heterocycles. The van der Waals surface area contributed by atoms with E-state index in [1.165, 1.54) is 11.1 Å². The van der Waals surface area contributed by atoms with Gasteiger partial charge in [0.15, 0.2) is 0 Å². The molecule has 2 nitrogen and oxygen atoms in total. The Morgan fingerprint density at radius 2 is 2.24 bits per heavy atom. The van der Waals surface area contributed by atoms with Crippen LogP contribution in [-0.2, 0) is 4.74 Å². The molecular weight excluding hydrogens is 210 g/mol. The van der Waals surface area contributed by atoms with Crippen molar-refractivity contribution in [2.24, 2.45) is 0 Å². The van der Waals surface area contributed by atoms with Gasteiger partial charge in [-0.25, -0.2) is 0 Å². The Kier molecular flexibility index (Phi) is 4.21. The Morgan fingerprint density at radius 3 is 2.94 bits per heavy atom. The zero-order valence-corrected chi connectivity index (χ0v) is 10.6. The molecule has 0 aliphatic carbocycles. The van der Waals surface area contributed by atoms with E-state index >= 15 is 0 Å². The number of rotatable bonds is 4. The average Bonchev–Trinajstić information content (AvgIpc) is 2.38. The fourth-order valence-corrected chi connectivity index (χ4v) is 2.23. The highest BCUT2D eigenvalue weighted by Crippen LogP contribution is 2.17. The number of allylic oxidation sites excluding steroid dienone is 1. The van der Waals surface area contributed by atoms with Gasteiger partial charge in [0.25, 0.3) is 0 Å². The van der Waals surface area contributed by atoms with Gasteiger partial charge in [-0.1, -0.05) is 24.3 Å². The standard InChI is InChI=1S/C15H21NO/c1-12-7-3-4-9-15(12)13(2)16-11-14-8-5-6-10-17-14/h3-4,6-7,9-10,13-14,16H,5,8,11H2,1-2H3/t13-,14?/m1/s1. The lowest BCUT2D eigenvalue weighted by Gasteiger charge is -2.23. The molecular formula is C15H21NO. The molecule has 0 saturated carbocycles. The van der Waals surface area contributed by atoms with Crippen molar-refractivity contribution >= 4 is 0 Å². The van der Waals surface area contributed by atoms with Crippen LogP contribution >= 0.6 is 0 Å². The summed E-state index contributed by atoms with van der Waals surface area (Å²) in [6, 6.07) is 8.91. The van der Waals surface area contributed by atoms with Crippen molar-refractivity contribution in [3.63, 3.8) is 0 Å². The first-order valence-electron chi connectivity index (χ1n) is 6.37. The summed E-state index contributed by atoms with van der Waals surface area (Å²) in [4.78, 5) is 0. The van der Waals surface area contributed by atoms with Gasteiger partial charge in [0, 0.05) is 12.6 Å². The number of aryl methyl sites for hydroxylation is 1. The molecule has 1 N–H and O–H groups in total. The Labute approximate surface area is 104 Å². The molecule has 1 aliphatic rings. The normalized spacial score (nSPS) is 20.9. The maximum atomic E-state index is 5.55. The van der Waals surface area contributed by atoms with Gasteiger partial charge in [0.2, 0.25) is 0 Å². The Hall–Kier alpha value is -1.28. The largest absolute Gasteiger partial charge is 0.497 e. The highest BCUT2D eigenvalue weighted by Gasteiger charge is 2.13. The molecule has 2 atom stereocenters. The maximum Gasteiger partial charge on any atom is 0.110 e. The number of benzene rings is 1. The second-order valence-corrected chi connectivity index (χ2v) is 4.69. The minimum atomic E-state index is 0.325. The van der Waals surface area contributed by atoms with Gasteiger partial charge in [0.05, 0.1) is 6.26 Å². The van der Waals surface area contributed by atoms with E-state index in [1.54, 1.807) is 0 Å². The van der Waals surface area contributed by atoms with Gasteiger partial charge in [-0.3, -0.25) is 0 Å². The van der Waals surface area contributed by atoms with Crippen molar-refractivity contribution in [3.8, 4) is 0 Å². The molecule has 0 fully saturated rings. The lowest BCUT2D eigenvalue weighted by molar-refractivity contribution is 0.120. The van der Waals surface area contributed by atoms with Crippen LogP contribution in [0.1, 0.15) is 36.9 Å². The minimum Gasteiger partial charge on any atom is -0.497 e. The molecule has 2 rings (SSSR count). The lowest BCUT2D eigenvalue weighted by Crippen LogP contribution is -2.31. The molecule has 1 aliphatic heterocycles. The minimum absolute atomic E-state index is 0.325. The van der Waals surface area contributed by atoms with Crippen LogP contribution in [0.15, 0.2) is 36.6 Å². The van der Waals surface area contributed by atoms with Gasteiger partial charge in [0.1, 0.15) is 6.10 Å². The van der Waals surface area contributed by atoms with E-state index in [1.807, 2.05) is 6.26 Å². The molecule has 0 radical (unpaired) electrons. The van der Waals surface area contributed by atoms with E-state index in [0.717, 1.165) is 19.4 Å². The quantitative estimate of drug-likeness (QED) is 0.858. The summed E-state index contributed by atoms with van der Waals surface area (Å²) >= 11 is 0. The van der Waals surface area contributed by atoms with Crippen molar-refractivity contribution < 1.29 is 4.74 Å². The Bertz CT molecular complexity index is 386. The zero-order chi connectivity index (χ0) is 12.1. The summed E-state index contributed by atoms with van der Waals surface area (Å²) in [5, 5.41) is 3.55. The van der Waals surface area contributed by atoms with Crippen LogP contribution in [0.2, 0.25) is 0 Å². The second-order valence-electron chi connectivity index (χ2n) is 4.69. The van der Waals surface area contributed by atoms with Crippen LogP contribution in [0.5, 0.6) is 0 Å². The van der Waals surface area contributed by atoms with Crippen LogP contribution in [0.25, 0.3) is 0 Å². The third-order valence-electron chi connectivity index (χ3n) is 3.33. The summed E-state index contributed by atoms with van der Waals surface area (Å²) in [6.45, 7) is 5.29. The lowest BCUT2D eigenvalue weighted by atomic mass is 10.0. The van der Waals surface area contributed by atoms with E-state index in [0.29, 0.717) is 12.1 Å². The number of hydrogen-bond donors (Lipinski definition) is 1. The molecule has 1 unspecified atom stereocenters. The Morgan fingerprint density at radius 1 is 1.41 bits per heavy atom. The fraction of sp³-hybridized carbons (Fsp3) is 0.467. The molecule has 1 heterocycles. The SMILES string of the molecule is Cc1ccccc1[C@@H](C)NCC1CCC=CO1. The van der Waals surface area contributed by atoms with E-state index in [9.17, 15) is 0 Å². The highest BCUT2D eigenvalue weighted by molar-refractivity contribution is 5.28. The summed E-state index contributed by atoms with van der Waals surface area (Å²) in [6.07, 6.45) is 6.48. The highest BCUT2D eigenvalue weighted by atomic mass is 16.5. The topological polar surface area (TPSA) is 21.3 Å². The molecule has 0 aromatic heterocycles. The average molecular weight is 231 g/mol. The summed E-state index contributed by atoms with van der Waals surface area (Å²) in [7, 11) is 0. The van der Waals surface area contributed by atoms with Crippen molar-refractivity contribution in [3.05, 3.63) is 47.7 Å². The first-order valence-corrected chi connectivity index (χ1v) is 6.37. The molecule has 0 bridgehead atoms. The van der Waals surface area contributed by atoms with Gasteiger partial charge in [-0.2, -0.15) is 0 Å². The summed E-state index contributed by atoms with van der Waals surface area (Å²) < 4.78 is 5.55. The Balaban J connectivity index is 1.87. The van der Waals surface area contributed by atoms with Crippen LogP contribution in [-0.4, -0.2) is 12.6 Å². The van der Waals surface area contributed by atoms with E-state index in [4.69, 9.17) is 4.74 Å². The molecule has 92 valence electrons. The molecule has 2 heteroatoms.